The molecule has 0 amide bonds. The number of nitrogens with one attached hydrogen (secondary N) is 1. The summed E-state index contributed by atoms with van der Waals surface area (Å²) in [6.45, 7) is 7.27. The molecule has 2 N–H and O–H groups in total. The van der Waals surface area contributed by atoms with Crippen molar-refractivity contribution >= 4 is 0 Å². The third kappa shape index (κ3) is 4.97. The highest BCUT2D eigenvalue weighted by atomic mass is 16.5. The summed E-state index contributed by atoms with van der Waals surface area (Å²) in [5, 5.41) is 13.5. The third-order valence-corrected chi connectivity index (χ3v) is 3.86. The topological polar surface area (TPSA) is 54.0 Å². The van der Waals surface area contributed by atoms with Crippen LogP contribution in [0, 0.1) is 0 Å². The number of morpholine rings is 1. The number of hydrogen-bond acceptors (Lipinski definition) is 5. The number of nitrogens with zero attached hydrogens (tertiary/aromatic N) is 1. The molecular weight excluding hydrogens is 268 g/mol. The van der Waals surface area contributed by atoms with Gasteiger partial charge in [0.1, 0.15) is 5.75 Å². The summed E-state index contributed by atoms with van der Waals surface area (Å²) in [7, 11) is 1.63. The van der Waals surface area contributed by atoms with E-state index in [-0.39, 0.29) is 6.10 Å². The Bertz CT molecular complexity index is 428. The van der Waals surface area contributed by atoms with Crippen LogP contribution in [0.1, 0.15) is 18.6 Å². The van der Waals surface area contributed by atoms with E-state index in [1.165, 1.54) is 0 Å². The SMILES string of the molecule is CCN1CCOC(CNCC(O)c2cccc(OC)c2)C1. The van der Waals surface area contributed by atoms with Crippen molar-refractivity contribution in [2.24, 2.45) is 0 Å². The molecule has 0 spiro atoms. The lowest BCUT2D eigenvalue weighted by Gasteiger charge is -2.32. The largest absolute Gasteiger partial charge is 0.497 e. The van der Waals surface area contributed by atoms with Gasteiger partial charge in [-0.2, -0.15) is 0 Å². The van der Waals surface area contributed by atoms with E-state index >= 15 is 0 Å². The average molecular weight is 294 g/mol. The van der Waals surface area contributed by atoms with Crippen molar-refractivity contribution in [3.63, 3.8) is 0 Å². The molecular formula is C16H26N2O3. The molecule has 2 unspecified atom stereocenters. The molecule has 2 atom stereocenters. The zero-order chi connectivity index (χ0) is 15.1. The van der Waals surface area contributed by atoms with E-state index in [1.54, 1.807) is 7.11 Å². The number of ether oxygens (including phenoxy) is 2. The van der Waals surface area contributed by atoms with Crippen LogP contribution in [-0.4, -0.2) is 62.6 Å². The number of benzene rings is 1. The maximum absolute atomic E-state index is 10.2. The van der Waals surface area contributed by atoms with E-state index in [9.17, 15) is 5.11 Å². The van der Waals surface area contributed by atoms with Gasteiger partial charge in [-0.25, -0.2) is 0 Å². The van der Waals surface area contributed by atoms with Crippen LogP contribution >= 0.6 is 0 Å². The van der Waals surface area contributed by atoms with Crippen LogP contribution in [0.5, 0.6) is 5.75 Å². The van der Waals surface area contributed by atoms with E-state index in [1.807, 2.05) is 24.3 Å². The van der Waals surface area contributed by atoms with Gasteiger partial charge in [-0.3, -0.25) is 4.90 Å². The normalized spacial score (nSPS) is 21.2. The zero-order valence-corrected chi connectivity index (χ0v) is 12.9. The van der Waals surface area contributed by atoms with Gasteiger partial charge in [-0.1, -0.05) is 19.1 Å². The first kappa shape index (κ1) is 16.2. The highest BCUT2D eigenvalue weighted by Crippen LogP contribution is 2.18. The summed E-state index contributed by atoms with van der Waals surface area (Å²) in [6, 6.07) is 7.53. The van der Waals surface area contributed by atoms with Gasteiger partial charge in [0.25, 0.3) is 0 Å². The molecule has 0 aromatic heterocycles. The number of methoxy groups -OCH3 is 1. The number of rotatable bonds is 7. The summed E-state index contributed by atoms with van der Waals surface area (Å²) < 4.78 is 10.9. The van der Waals surface area contributed by atoms with E-state index in [2.05, 4.69) is 17.1 Å². The van der Waals surface area contributed by atoms with Crippen molar-refractivity contribution in [2.75, 3.05) is 46.4 Å². The van der Waals surface area contributed by atoms with Crippen LogP contribution in [-0.2, 0) is 4.74 Å². The van der Waals surface area contributed by atoms with Crippen LogP contribution < -0.4 is 10.1 Å². The summed E-state index contributed by atoms with van der Waals surface area (Å²) in [6.07, 6.45) is -0.331. The quantitative estimate of drug-likeness (QED) is 0.787. The zero-order valence-electron chi connectivity index (χ0n) is 12.9. The second-order valence-corrected chi connectivity index (χ2v) is 5.34. The predicted octanol–water partition coefficient (Wildman–Crippen LogP) is 1.04. The fourth-order valence-corrected chi connectivity index (χ4v) is 2.54. The maximum atomic E-state index is 10.2. The second-order valence-electron chi connectivity index (χ2n) is 5.34. The molecule has 0 radical (unpaired) electrons. The Morgan fingerprint density at radius 1 is 1.52 bits per heavy atom. The fraction of sp³-hybridized carbons (Fsp3) is 0.625. The van der Waals surface area contributed by atoms with Crippen LogP contribution in [0.2, 0.25) is 0 Å². The molecule has 0 bridgehead atoms. The molecule has 2 rings (SSSR count). The fourth-order valence-electron chi connectivity index (χ4n) is 2.54. The van der Waals surface area contributed by atoms with Crippen molar-refractivity contribution in [3.05, 3.63) is 29.8 Å². The summed E-state index contributed by atoms with van der Waals surface area (Å²) in [5.74, 6) is 0.765. The molecule has 1 aromatic carbocycles. The van der Waals surface area contributed by atoms with E-state index in [4.69, 9.17) is 9.47 Å². The van der Waals surface area contributed by atoms with Gasteiger partial charge < -0.3 is 19.9 Å². The monoisotopic (exact) mass is 294 g/mol. The Hall–Kier alpha value is -1.14. The molecule has 1 aliphatic heterocycles. The molecule has 1 fully saturated rings. The maximum Gasteiger partial charge on any atom is 0.119 e. The first-order chi connectivity index (χ1) is 10.2. The third-order valence-electron chi connectivity index (χ3n) is 3.86. The Kier molecular flexibility index (Phi) is 6.45. The highest BCUT2D eigenvalue weighted by molar-refractivity contribution is 5.29. The van der Waals surface area contributed by atoms with Crippen molar-refractivity contribution < 1.29 is 14.6 Å². The number of hydrogen-bond donors (Lipinski definition) is 2. The van der Waals surface area contributed by atoms with Crippen molar-refractivity contribution in [2.45, 2.75) is 19.1 Å². The molecule has 1 aliphatic rings. The Labute approximate surface area is 126 Å². The van der Waals surface area contributed by atoms with Gasteiger partial charge in [-0.05, 0) is 24.2 Å². The molecule has 5 nitrogen and oxygen atoms in total. The van der Waals surface area contributed by atoms with Gasteiger partial charge in [0.05, 0.1) is 25.9 Å². The van der Waals surface area contributed by atoms with Gasteiger partial charge in [0.15, 0.2) is 0 Å². The standard InChI is InChI=1S/C16H26N2O3/c1-3-18-7-8-21-15(12-18)10-17-11-16(19)13-5-4-6-14(9-13)20-2/h4-6,9,15-17,19H,3,7-8,10-12H2,1-2H3. The van der Waals surface area contributed by atoms with E-state index in [0.717, 1.165) is 44.1 Å². The van der Waals surface area contributed by atoms with Crippen LogP contribution in [0.25, 0.3) is 0 Å². The lowest BCUT2D eigenvalue weighted by Crippen LogP contribution is -2.46. The molecule has 1 aromatic rings. The predicted molar refractivity (Wildman–Crippen MR) is 82.7 cm³/mol. The van der Waals surface area contributed by atoms with Gasteiger partial charge in [0, 0.05) is 26.2 Å². The van der Waals surface area contributed by atoms with Crippen molar-refractivity contribution in [3.8, 4) is 5.75 Å². The van der Waals surface area contributed by atoms with Crippen LogP contribution in [0.15, 0.2) is 24.3 Å². The minimum Gasteiger partial charge on any atom is -0.497 e. The van der Waals surface area contributed by atoms with Crippen LogP contribution in [0.3, 0.4) is 0 Å². The molecule has 1 saturated heterocycles. The number of likely N-dealkylation sites (N-methyl/N-ethyl adjacent to an activating group) is 1. The average Bonchev–Trinajstić information content (AvgIpc) is 2.55. The van der Waals surface area contributed by atoms with E-state index < -0.39 is 6.10 Å². The first-order valence-electron chi connectivity index (χ1n) is 7.59. The molecule has 0 aliphatic carbocycles. The summed E-state index contributed by atoms with van der Waals surface area (Å²) in [4.78, 5) is 2.38. The van der Waals surface area contributed by atoms with Gasteiger partial charge in [-0.15, -0.1) is 0 Å². The minimum atomic E-state index is -0.536. The lowest BCUT2D eigenvalue weighted by molar-refractivity contribution is -0.0262. The summed E-state index contributed by atoms with van der Waals surface area (Å²) in [5.41, 5.74) is 0.863. The van der Waals surface area contributed by atoms with Crippen molar-refractivity contribution in [1.29, 1.82) is 0 Å². The van der Waals surface area contributed by atoms with Crippen LogP contribution in [0.4, 0.5) is 0 Å². The van der Waals surface area contributed by atoms with E-state index in [0.29, 0.717) is 6.54 Å². The first-order valence-corrected chi connectivity index (χ1v) is 7.59. The molecule has 21 heavy (non-hydrogen) atoms. The van der Waals surface area contributed by atoms with Gasteiger partial charge >= 0.3 is 0 Å². The second kappa shape index (κ2) is 8.34. The molecule has 5 heteroatoms. The smallest absolute Gasteiger partial charge is 0.119 e. The minimum absolute atomic E-state index is 0.205. The Balaban J connectivity index is 1.74. The van der Waals surface area contributed by atoms with Crippen molar-refractivity contribution in [1.82, 2.24) is 10.2 Å². The summed E-state index contributed by atoms with van der Waals surface area (Å²) >= 11 is 0. The molecule has 1 heterocycles. The highest BCUT2D eigenvalue weighted by Gasteiger charge is 2.19. The van der Waals surface area contributed by atoms with Gasteiger partial charge in [0.2, 0.25) is 0 Å². The Morgan fingerprint density at radius 2 is 2.38 bits per heavy atom. The Morgan fingerprint density at radius 3 is 3.14 bits per heavy atom. The molecule has 0 saturated carbocycles. The number of aliphatic hydroxyl groups is 1. The number of aliphatic hydroxyl groups excluding tert-OH is 1. The lowest BCUT2D eigenvalue weighted by atomic mass is 10.1. The molecule has 118 valence electrons.